The fraction of sp³-hybridized carbons (Fsp3) is 0.889. The summed E-state index contributed by atoms with van der Waals surface area (Å²) in [6.07, 6.45) is 20.9. The lowest BCUT2D eigenvalue weighted by Crippen LogP contribution is -2.30. The van der Waals surface area contributed by atoms with Crippen molar-refractivity contribution in [3.05, 3.63) is 11.9 Å². The van der Waals surface area contributed by atoms with E-state index in [4.69, 9.17) is 6.36 Å². The largest absolute Gasteiger partial charge is 0.353 e. The Morgan fingerprint density at radius 1 is 0.611 bits per heavy atom. The van der Waals surface area contributed by atoms with Crippen LogP contribution < -0.4 is 10.9 Å². The van der Waals surface area contributed by atoms with Gasteiger partial charge in [-0.1, -0.05) is 38.5 Å². The van der Waals surface area contributed by atoms with Gasteiger partial charge in [0, 0.05) is 6.04 Å². The molecular weight excluding hydrogens is 450 g/mol. The molecule has 0 unspecified atom stereocenters. The lowest BCUT2D eigenvalue weighted by atomic mass is 9.92. The van der Waals surface area contributed by atoms with Crippen LogP contribution in [0.15, 0.2) is 31.8 Å². The Hall–Kier alpha value is -2.19. The van der Waals surface area contributed by atoms with Crippen molar-refractivity contribution in [3.63, 3.8) is 0 Å². The van der Waals surface area contributed by atoms with Gasteiger partial charge in [0.25, 0.3) is 0 Å². The molecule has 0 aromatic carbocycles. The average molecular weight is 498 g/mol. The Labute approximate surface area is 217 Å². The normalized spacial score (nSPS) is 32.2. The summed E-state index contributed by atoms with van der Waals surface area (Å²) in [4.78, 5) is 16.6. The molecule has 198 valence electrons. The Bertz CT molecular complexity index is 949. The fourth-order valence-corrected chi connectivity index (χ4v) is 6.19. The topological polar surface area (TPSA) is 115 Å². The highest BCUT2D eigenvalue weighted by molar-refractivity contribution is 5.23. The second-order valence-corrected chi connectivity index (χ2v) is 11.4. The summed E-state index contributed by atoms with van der Waals surface area (Å²) in [6, 6.07) is 2.13. The third-order valence-electron chi connectivity index (χ3n) is 8.49. The van der Waals surface area contributed by atoms with Crippen molar-refractivity contribution in [2.24, 2.45) is 25.4 Å². The molecule has 0 aliphatic heterocycles. The summed E-state index contributed by atoms with van der Waals surface area (Å²) < 4.78 is 8.08. The summed E-state index contributed by atoms with van der Waals surface area (Å²) in [5.41, 5.74) is 0.504. The number of aromatic nitrogens is 3. The highest BCUT2D eigenvalue weighted by atomic mass is 15.2. The molecule has 9 nitrogen and oxygen atoms in total. The number of azo groups is 2. The van der Waals surface area contributed by atoms with Gasteiger partial charge in [0.1, 0.15) is 7.67 Å². The molecule has 5 rings (SSSR count). The minimum absolute atomic E-state index is 0.00457. The summed E-state index contributed by atoms with van der Waals surface area (Å²) in [7, 11) is 0. The SMILES string of the molecule is [3H]c1nc(NC2CCC(N=NC3CCCCC3)CC2)[nH]c(=NC2CCC(N=NC3CCCCC3)CC2)n1. The molecule has 1 aromatic heterocycles. The molecule has 0 atom stereocenters. The Morgan fingerprint density at radius 2 is 1.08 bits per heavy atom. The van der Waals surface area contributed by atoms with E-state index in [1.807, 2.05) is 0 Å². The smallest absolute Gasteiger partial charge is 0.226 e. The first-order valence-corrected chi connectivity index (χ1v) is 14.7. The number of nitrogens with one attached hydrogen (secondary N) is 2. The van der Waals surface area contributed by atoms with E-state index in [0.717, 1.165) is 51.4 Å². The lowest BCUT2D eigenvalue weighted by molar-refractivity contribution is 0.364. The van der Waals surface area contributed by atoms with Gasteiger partial charge in [0.2, 0.25) is 11.6 Å². The molecule has 36 heavy (non-hydrogen) atoms. The van der Waals surface area contributed by atoms with E-state index < -0.39 is 0 Å². The predicted octanol–water partition coefficient (Wildman–Crippen LogP) is 6.31. The zero-order chi connectivity index (χ0) is 25.3. The molecule has 1 heterocycles. The van der Waals surface area contributed by atoms with E-state index in [0.29, 0.717) is 41.8 Å². The molecular formula is C27H45N9. The van der Waals surface area contributed by atoms with E-state index in [9.17, 15) is 0 Å². The van der Waals surface area contributed by atoms with Crippen molar-refractivity contribution in [1.29, 1.82) is 0 Å². The van der Waals surface area contributed by atoms with Gasteiger partial charge < -0.3 is 5.32 Å². The standard InChI is InChI=1S/C27H45N9/c1-3-7-22(8-4-1)33-35-24-15-11-20(12-16-24)30-26-28-19-29-27(32-26)31-21-13-17-25(18-14-21)36-34-23-9-5-2-6-10-23/h19-25H,1-18H2,(H2,28,29,30,31,32)/i19T. The molecule has 4 aliphatic rings. The lowest BCUT2D eigenvalue weighted by Gasteiger charge is -2.27. The van der Waals surface area contributed by atoms with Crippen molar-refractivity contribution in [3.8, 4) is 0 Å². The highest BCUT2D eigenvalue weighted by Crippen LogP contribution is 2.27. The maximum Gasteiger partial charge on any atom is 0.226 e. The van der Waals surface area contributed by atoms with Crippen LogP contribution in [-0.2, 0) is 0 Å². The number of H-pyrrole nitrogens is 1. The Kier molecular flexibility index (Phi) is 8.98. The monoisotopic (exact) mass is 497 g/mol. The van der Waals surface area contributed by atoms with Crippen molar-refractivity contribution in [2.75, 3.05) is 5.32 Å². The van der Waals surface area contributed by atoms with Gasteiger partial charge in [-0.3, -0.25) is 4.98 Å². The molecule has 4 fully saturated rings. The third kappa shape index (κ3) is 7.90. The number of aromatic amines is 1. The van der Waals surface area contributed by atoms with Crippen LogP contribution in [0.5, 0.6) is 0 Å². The molecule has 0 amide bonds. The summed E-state index contributed by atoms with van der Waals surface area (Å²) in [5.74, 6) is 0.598. The number of hydrogen-bond donors (Lipinski definition) is 2. The molecule has 2 N–H and O–H groups in total. The van der Waals surface area contributed by atoms with Gasteiger partial charge in [-0.25, -0.2) is 15.0 Å². The summed E-state index contributed by atoms with van der Waals surface area (Å²) in [6.45, 7) is 0. The van der Waals surface area contributed by atoms with Gasteiger partial charge in [-0.15, -0.1) is 0 Å². The maximum absolute atomic E-state index is 8.08. The average Bonchev–Trinajstić information content (AvgIpc) is 2.93. The van der Waals surface area contributed by atoms with Gasteiger partial charge in [0.15, 0.2) is 0 Å². The van der Waals surface area contributed by atoms with Crippen LogP contribution in [0.3, 0.4) is 0 Å². The van der Waals surface area contributed by atoms with Crippen LogP contribution in [0.1, 0.15) is 117 Å². The van der Waals surface area contributed by atoms with Crippen molar-refractivity contribution in [1.82, 2.24) is 15.0 Å². The van der Waals surface area contributed by atoms with Gasteiger partial charge in [-0.05, 0) is 77.0 Å². The van der Waals surface area contributed by atoms with Crippen molar-refractivity contribution >= 4 is 5.95 Å². The van der Waals surface area contributed by atoms with Crippen molar-refractivity contribution in [2.45, 2.75) is 152 Å². The van der Waals surface area contributed by atoms with Crippen LogP contribution in [0.4, 0.5) is 5.95 Å². The van der Waals surface area contributed by atoms with Crippen LogP contribution in [0.25, 0.3) is 0 Å². The van der Waals surface area contributed by atoms with E-state index in [1.165, 1.54) is 64.2 Å². The predicted molar refractivity (Wildman–Crippen MR) is 141 cm³/mol. The molecule has 0 radical (unpaired) electrons. The first-order valence-electron chi connectivity index (χ1n) is 15.2. The zero-order valence-corrected chi connectivity index (χ0v) is 21.8. The van der Waals surface area contributed by atoms with Gasteiger partial charge >= 0.3 is 0 Å². The minimum Gasteiger partial charge on any atom is -0.353 e. The maximum atomic E-state index is 8.08. The fourth-order valence-electron chi connectivity index (χ4n) is 6.19. The van der Waals surface area contributed by atoms with E-state index in [2.05, 4.69) is 40.7 Å². The van der Waals surface area contributed by atoms with E-state index in [-0.39, 0.29) is 12.3 Å². The second kappa shape index (κ2) is 13.4. The number of hydrogen-bond acceptors (Lipinski definition) is 8. The van der Waals surface area contributed by atoms with Crippen molar-refractivity contribution < 1.29 is 1.37 Å². The number of rotatable bonds is 7. The molecule has 4 saturated carbocycles. The van der Waals surface area contributed by atoms with E-state index >= 15 is 0 Å². The molecule has 0 saturated heterocycles. The van der Waals surface area contributed by atoms with Crippen LogP contribution >= 0.6 is 0 Å². The number of nitrogens with zero attached hydrogens (tertiary/aromatic N) is 7. The van der Waals surface area contributed by atoms with Crippen LogP contribution in [0.2, 0.25) is 0 Å². The summed E-state index contributed by atoms with van der Waals surface area (Å²) in [5, 5.41) is 22.2. The quantitative estimate of drug-likeness (QED) is 0.430. The molecule has 4 aliphatic carbocycles. The molecule has 1 aromatic rings. The molecule has 0 bridgehead atoms. The first kappa shape index (κ1) is 24.2. The highest BCUT2D eigenvalue weighted by Gasteiger charge is 2.23. The molecule has 9 heteroatoms. The van der Waals surface area contributed by atoms with Gasteiger partial charge in [-0.2, -0.15) is 20.5 Å². The van der Waals surface area contributed by atoms with E-state index in [1.54, 1.807) is 0 Å². The van der Waals surface area contributed by atoms with Crippen LogP contribution in [0, 0.1) is 0 Å². The molecule has 0 spiro atoms. The van der Waals surface area contributed by atoms with Crippen LogP contribution in [-0.4, -0.2) is 51.2 Å². The third-order valence-corrected chi connectivity index (χ3v) is 8.49. The summed E-state index contributed by atoms with van der Waals surface area (Å²) >= 11 is 0. The Balaban J connectivity index is 1.08. The first-order chi connectivity index (χ1) is 18.2. The number of anilines is 1. The second-order valence-electron chi connectivity index (χ2n) is 11.4. The Morgan fingerprint density at radius 3 is 1.64 bits per heavy atom. The van der Waals surface area contributed by atoms with Gasteiger partial charge in [0.05, 0.1) is 30.2 Å². The zero-order valence-electron chi connectivity index (χ0n) is 22.8. The minimum atomic E-state index is 0.00457.